The second-order valence-corrected chi connectivity index (χ2v) is 6.30. The number of aryl methyl sites for hydroxylation is 1. The lowest BCUT2D eigenvalue weighted by molar-refractivity contribution is 0.0997. The molecule has 1 heterocycles. The van der Waals surface area contributed by atoms with E-state index < -0.39 is 0 Å². The van der Waals surface area contributed by atoms with Crippen LogP contribution < -0.4 is 9.54 Å². The van der Waals surface area contributed by atoms with Crippen LogP contribution in [0.4, 0.5) is 0 Å². The molecule has 1 aromatic heterocycles. The molecule has 5 heteroatoms. The molecule has 2 aromatic carbocycles. The minimum atomic E-state index is -0.317. The van der Waals surface area contributed by atoms with Gasteiger partial charge in [0.2, 0.25) is 0 Å². The summed E-state index contributed by atoms with van der Waals surface area (Å²) in [6.07, 6.45) is 5.48. The summed E-state index contributed by atoms with van der Waals surface area (Å²) < 4.78 is 8.10. The number of benzene rings is 2. The zero-order chi connectivity index (χ0) is 17.1. The molecule has 1 amide bonds. The number of thiazole rings is 1. The highest BCUT2D eigenvalue weighted by Crippen LogP contribution is 2.19. The van der Waals surface area contributed by atoms with E-state index in [1.54, 1.807) is 31.4 Å². The molecule has 0 N–H and O–H groups in total. The maximum absolute atomic E-state index is 12.5. The highest BCUT2D eigenvalue weighted by atomic mass is 32.1. The van der Waals surface area contributed by atoms with E-state index in [0.29, 0.717) is 22.7 Å². The van der Waals surface area contributed by atoms with Crippen LogP contribution in [0.15, 0.2) is 47.5 Å². The third kappa shape index (κ3) is 3.10. The highest BCUT2D eigenvalue weighted by Gasteiger charge is 2.09. The molecular weight excluding hydrogens is 320 g/mol. The van der Waals surface area contributed by atoms with Crippen LogP contribution >= 0.6 is 11.3 Å². The van der Waals surface area contributed by atoms with Crippen LogP contribution in [-0.4, -0.2) is 17.6 Å². The average Bonchev–Trinajstić information content (AvgIpc) is 2.91. The van der Waals surface area contributed by atoms with Crippen molar-refractivity contribution in [1.82, 2.24) is 4.57 Å². The van der Waals surface area contributed by atoms with E-state index in [4.69, 9.17) is 11.2 Å². The molecule has 3 aromatic rings. The van der Waals surface area contributed by atoms with Crippen molar-refractivity contribution in [2.24, 2.45) is 4.99 Å². The number of hydrogen-bond donors (Lipinski definition) is 0. The molecule has 0 radical (unpaired) electrons. The largest absolute Gasteiger partial charge is 0.497 e. The Labute approximate surface area is 144 Å². The first-order chi connectivity index (χ1) is 11.6. The van der Waals surface area contributed by atoms with Crippen LogP contribution in [0.1, 0.15) is 15.9 Å². The molecule has 0 bridgehead atoms. The molecule has 4 nitrogen and oxygen atoms in total. The molecule has 0 atom stereocenters. The van der Waals surface area contributed by atoms with Gasteiger partial charge in [-0.25, -0.2) is 0 Å². The topological polar surface area (TPSA) is 43.6 Å². The maximum atomic E-state index is 12.5. The van der Waals surface area contributed by atoms with Gasteiger partial charge in [0, 0.05) is 5.56 Å². The number of methoxy groups -OCH3 is 1. The molecule has 0 unspecified atom stereocenters. The van der Waals surface area contributed by atoms with Gasteiger partial charge in [0.15, 0.2) is 4.80 Å². The maximum Gasteiger partial charge on any atom is 0.279 e. The van der Waals surface area contributed by atoms with E-state index in [1.807, 2.05) is 23.6 Å². The summed E-state index contributed by atoms with van der Waals surface area (Å²) in [5.74, 6) is 2.93. The molecule has 0 aliphatic carbocycles. The Hall–Kier alpha value is -2.84. The Bertz CT molecular complexity index is 1020. The number of amides is 1. The van der Waals surface area contributed by atoms with Crippen LogP contribution in [0, 0.1) is 19.3 Å². The first kappa shape index (κ1) is 16.0. The molecule has 0 fully saturated rings. The van der Waals surface area contributed by atoms with E-state index >= 15 is 0 Å². The second kappa shape index (κ2) is 6.73. The molecule has 0 saturated carbocycles. The van der Waals surface area contributed by atoms with Crippen molar-refractivity contribution in [3.63, 3.8) is 0 Å². The average molecular weight is 336 g/mol. The van der Waals surface area contributed by atoms with Crippen molar-refractivity contribution < 1.29 is 9.53 Å². The molecule has 24 heavy (non-hydrogen) atoms. The van der Waals surface area contributed by atoms with Gasteiger partial charge in [0.25, 0.3) is 5.91 Å². The lowest BCUT2D eigenvalue weighted by Gasteiger charge is -2.01. The van der Waals surface area contributed by atoms with Crippen molar-refractivity contribution in [2.75, 3.05) is 7.11 Å². The third-order valence-electron chi connectivity index (χ3n) is 3.60. The zero-order valence-corrected chi connectivity index (χ0v) is 14.3. The summed E-state index contributed by atoms with van der Waals surface area (Å²) in [6, 6.07) is 13.1. The fourth-order valence-corrected chi connectivity index (χ4v) is 3.54. The lowest BCUT2D eigenvalue weighted by atomic mass is 10.2. The Morgan fingerprint density at radius 1 is 1.33 bits per heavy atom. The summed E-state index contributed by atoms with van der Waals surface area (Å²) in [4.78, 5) is 17.4. The summed E-state index contributed by atoms with van der Waals surface area (Å²) in [5.41, 5.74) is 2.62. The van der Waals surface area contributed by atoms with E-state index in [-0.39, 0.29) is 5.91 Å². The summed E-state index contributed by atoms with van der Waals surface area (Å²) in [6.45, 7) is 2.40. The predicted molar refractivity (Wildman–Crippen MR) is 96.3 cm³/mol. The van der Waals surface area contributed by atoms with Crippen LogP contribution in [0.5, 0.6) is 5.75 Å². The number of aromatic nitrogens is 1. The standard InChI is InChI=1S/C19H16N2O2S/c1-4-10-21-16-9-8-13(2)11-17(16)24-19(21)20-18(22)14-6-5-7-15(12-14)23-3/h1,5-9,11-12H,10H2,2-3H3. The van der Waals surface area contributed by atoms with Gasteiger partial charge in [-0.1, -0.05) is 29.4 Å². The van der Waals surface area contributed by atoms with Gasteiger partial charge in [-0.05, 0) is 42.8 Å². The minimum Gasteiger partial charge on any atom is -0.497 e. The Balaban J connectivity index is 2.13. The number of nitrogens with zero attached hydrogens (tertiary/aromatic N) is 2. The molecular formula is C19H16N2O2S. The van der Waals surface area contributed by atoms with Crippen molar-refractivity contribution in [3.05, 3.63) is 58.4 Å². The SMILES string of the molecule is C#CCn1c(=NC(=O)c2cccc(OC)c2)sc2cc(C)ccc21. The first-order valence-electron chi connectivity index (χ1n) is 7.39. The number of carbonyl (C=O) groups is 1. The summed E-state index contributed by atoms with van der Waals surface area (Å²) in [5, 5.41) is 0. The number of terminal acetylenes is 1. The van der Waals surface area contributed by atoms with Crippen molar-refractivity contribution >= 4 is 27.5 Å². The van der Waals surface area contributed by atoms with Crippen molar-refractivity contribution in [3.8, 4) is 18.1 Å². The van der Waals surface area contributed by atoms with Gasteiger partial charge in [0.1, 0.15) is 5.75 Å². The molecule has 0 aliphatic rings. The van der Waals surface area contributed by atoms with E-state index in [2.05, 4.69) is 17.0 Å². The fraction of sp³-hybridized carbons (Fsp3) is 0.158. The first-order valence-corrected chi connectivity index (χ1v) is 8.20. The van der Waals surface area contributed by atoms with Gasteiger partial charge >= 0.3 is 0 Å². The molecule has 120 valence electrons. The number of rotatable bonds is 3. The Morgan fingerprint density at radius 2 is 2.17 bits per heavy atom. The van der Waals surface area contributed by atoms with Gasteiger partial charge < -0.3 is 9.30 Å². The molecule has 0 spiro atoms. The minimum absolute atomic E-state index is 0.317. The highest BCUT2D eigenvalue weighted by molar-refractivity contribution is 7.16. The quantitative estimate of drug-likeness (QED) is 0.688. The van der Waals surface area contributed by atoms with Gasteiger partial charge in [-0.2, -0.15) is 4.99 Å². The normalized spacial score (nSPS) is 11.5. The monoisotopic (exact) mass is 336 g/mol. The molecule has 3 rings (SSSR count). The molecule has 0 aliphatic heterocycles. The van der Waals surface area contributed by atoms with Crippen LogP contribution in [0.2, 0.25) is 0 Å². The summed E-state index contributed by atoms with van der Waals surface area (Å²) in [7, 11) is 1.57. The van der Waals surface area contributed by atoms with Crippen molar-refractivity contribution in [1.29, 1.82) is 0 Å². The second-order valence-electron chi connectivity index (χ2n) is 5.29. The Kier molecular flexibility index (Phi) is 4.50. The predicted octanol–water partition coefficient (Wildman–Crippen LogP) is 3.39. The van der Waals surface area contributed by atoms with Gasteiger partial charge in [-0.3, -0.25) is 4.79 Å². The van der Waals surface area contributed by atoms with Crippen molar-refractivity contribution in [2.45, 2.75) is 13.5 Å². The van der Waals surface area contributed by atoms with Crippen LogP contribution in [0.3, 0.4) is 0 Å². The molecule has 0 saturated heterocycles. The zero-order valence-electron chi connectivity index (χ0n) is 13.4. The smallest absolute Gasteiger partial charge is 0.279 e. The third-order valence-corrected chi connectivity index (χ3v) is 4.64. The van der Waals surface area contributed by atoms with Crippen LogP contribution in [-0.2, 0) is 6.54 Å². The van der Waals surface area contributed by atoms with E-state index in [9.17, 15) is 4.79 Å². The van der Waals surface area contributed by atoms with Crippen LogP contribution in [0.25, 0.3) is 10.2 Å². The lowest BCUT2D eigenvalue weighted by Crippen LogP contribution is -2.16. The van der Waals surface area contributed by atoms with Gasteiger partial charge in [0.05, 0.1) is 23.9 Å². The summed E-state index contributed by atoms with van der Waals surface area (Å²) >= 11 is 1.46. The number of carbonyl (C=O) groups excluding carboxylic acids is 1. The van der Waals surface area contributed by atoms with E-state index in [0.717, 1.165) is 15.8 Å². The number of ether oxygens (including phenoxy) is 1. The van der Waals surface area contributed by atoms with Gasteiger partial charge in [-0.15, -0.1) is 6.42 Å². The number of fused-ring (bicyclic) bond motifs is 1. The van der Waals surface area contributed by atoms with E-state index in [1.165, 1.54) is 11.3 Å². The Morgan fingerprint density at radius 3 is 2.92 bits per heavy atom. The number of hydrogen-bond acceptors (Lipinski definition) is 3. The fourth-order valence-electron chi connectivity index (χ4n) is 2.42.